The molecule has 0 N–H and O–H groups in total. The zero-order chi connectivity index (χ0) is 23.5. The third-order valence-corrected chi connectivity index (χ3v) is 5.87. The van der Waals surface area contributed by atoms with Crippen LogP contribution in [0.1, 0.15) is 93.4 Å². The molecule has 2 unspecified atom stereocenters. The number of unbranched alkanes of at least 4 members (excludes halogenated alkanes) is 5. The van der Waals surface area contributed by atoms with Gasteiger partial charge in [0.1, 0.15) is 12.7 Å². The Morgan fingerprint density at radius 1 is 0.968 bits per heavy atom. The molecule has 0 spiro atoms. The molecule has 0 aromatic rings. The van der Waals surface area contributed by atoms with Crippen LogP contribution >= 0.6 is 0 Å². The normalized spacial score (nSPS) is 22.9. The maximum Gasteiger partial charge on any atom is 0.333 e. The van der Waals surface area contributed by atoms with Gasteiger partial charge in [0.25, 0.3) is 0 Å². The zero-order valence-electron chi connectivity index (χ0n) is 21.1. The first-order valence-electron chi connectivity index (χ1n) is 12.1. The Hall–Kier alpha value is -0.950. The highest BCUT2D eigenvalue weighted by atomic mass is 16.7. The second-order valence-electron chi connectivity index (χ2n) is 9.77. The number of esters is 1. The number of hydrogen-bond acceptors (Lipinski definition) is 6. The van der Waals surface area contributed by atoms with Crippen molar-refractivity contribution in [3.8, 4) is 0 Å². The van der Waals surface area contributed by atoms with Gasteiger partial charge in [0.2, 0.25) is 0 Å². The maximum absolute atomic E-state index is 11.6. The third-order valence-electron chi connectivity index (χ3n) is 5.87. The molecule has 0 amide bonds. The van der Waals surface area contributed by atoms with Crippen LogP contribution < -0.4 is 0 Å². The lowest BCUT2D eigenvalue weighted by Crippen LogP contribution is -2.69. The first kappa shape index (κ1) is 28.1. The summed E-state index contributed by atoms with van der Waals surface area (Å²) in [5.41, 5.74) is -0.178. The third kappa shape index (κ3) is 8.83. The van der Waals surface area contributed by atoms with Gasteiger partial charge < -0.3 is 14.2 Å². The fraction of sp³-hybridized carbons (Fsp3) is 0.880. The van der Waals surface area contributed by atoms with E-state index in [4.69, 9.17) is 19.0 Å². The van der Waals surface area contributed by atoms with Crippen LogP contribution in [-0.2, 0) is 23.8 Å². The molecule has 1 saturated heterocycles. The van der Waals surface area contributed by atoms with Gasteiger partial charge in [-0.3, -0.25) is 4.84 Å². The van der Waals surface area contributed by atoms with Gasteiger partial charge in [-0.05, 0) is 54.4 Å². The van der Waals surface area contributed by atoms with Crippen LogP contribution in [0.25, 0.3) is 0 Å². The molecule has 31 heavy (non-hydrogen) atoms. The molecule has 0 bridgehead atoms. The molecule has 6 heteroatoms. The Labute approximate surface area is 190 Å². The van der Waals surface area contributed by atoms with Crippen LogP contribution in [0.15, 0.2) is 12.2 Å². The number of piperidine rings is 1. The molecule has 0 aromatic heterocycles. The van der Waals surface area contributed by atoms with Crippen molar-refractivity contribution in [1.82, 2.24) is 5.06 Å². The molecule has 1 aliphatic heterocycles. The van der Waals surface area contributed by atoms with Gasteiger partial charge in [-0.2, -0.15) is 5.06 Å². The number of ether oxygens (including phenoxy) is 3. The summed E-state index contributed by atoms with van der Waals surface area (Å²) in [5.74, 6) is -0.386. The van der Waals surface area contributed by atoms with E-state index in [0.717, 1.165) is 19.4 Å². The lowest BCUT2D eigenvalue weighted by Gasteiger charge is -2.57. The lowest BCUT2D eigenvalue weighted by atomic mass is 9.77. The van der Waals surface area contributed by atoms with E-state index in [-0.39, 0.29) is 35.9 Å². The van der Waals surface area contributed by atoms with Gasteiger partial charge >= 0.3 is 5.97 Å². The number of nitrogens with zero attached hydrogens (tertiary/aromatic N) is 1. The van der Waals surface area contributed by atoms with Gasteiger partial charge in [-0.15, -0.1) is 0 Å². The molecule has 0 aromatic carbocycles. The van der Waals surface area contributed by atoms with Crippen LogP contribution in [0.2, 0.25) is 0 Å². The molecular formula is C25H47NO5. The van der Waals surface area contributed by atoms with E-state index in [9.17, 15) is 4.79 Å². The van der Waals surface area contributed by atoms with Crippen LogP contribution in [0.5, 0.6) is 0 Å². The van der Waals surface area contributed by atoms with E-state index in [2.05, 4.69) is 46.3 Å². The van der Waals surface area contributed by atoms with Crippen LogP contribution in [0, 0.1) is 0 Å². The Morgan fingerprint density at radius 2 is 1.61 bits per heavy atom. The first-order valence-corrected chi connectivity index (χ1v) is 12.1. The van der Waals surface area contributed by atoms with Gasteiger partial charge in [0.15, 0.2) is 0 Å². The van der Waals surface area contributed by atoms with Gasteiger partial charge in [-0.25, -0.2) is 4.79 Å². The van der Waals surface area contributed by atoms with E-state index in [1.807, 2.05) is 6.92 Å². The monoisotopic (exact) mass is 441 g/mol. The van der Waals surface area contributed by atoms with E-state index in [1.54, 1.807) is 6.92 Å². The number of hydrogen-bond donors (Lipinski definition) is 0. The predicted molar refractivity (Wildman–Crippen MR) is 125 cm³/mol. The van der Waals surface area contributed by atoms with Gasteiger partial charge in [0, 0.05) is 17.7 Å². The summed E-state index contributed by atoms with van der Waals surface area (Å²) in [5, 5.41) is 2.13. The standard InChI is InChI=1S/C25H47NO5/c1-9-11-12-13-14-15-16-31-26-24(5,6)19-21(22(28-10-2)25(26,7)8)29-17-18-30-23(27)20(3)4/h21-22H,3,9-19H2,1-2,4-8H3. The number of rotatable bonds is 15. The molecule has 182 valence electrons. The van der Waals surface area contributed by atoms with E-state index < -0.39 is 0 Å². The summed E-state index contributed by atoms with van der Waals surface area (Å²) >= 11 is 0. The molecule has 1 aliphatic rings. The SMILES string of the molecule is C=C(C)C(=O)OCCOC1CC(C)(C)N(OCCCCCCCC)C(C)(C)C1OCC. The van der Waals surface area contributed by atoms with Crippen LogP contribution in [0.3, 0.4) is 0 Å². The minimum Gasteiger partial charge on any atom is -0.460 e. The number of hydroxylamine groups is 2. The molecule has 1 fully saturated rings. The average molecular weight is 442 g/mol. The minimum absolute atomic E-state index is 0.109. The van der Waals surface area contributed by atoms with Crippen molar-refractivity contribution in [3.05, 3.63) is 12.2 Å². The predicted octanol–water partition coefficient (Wildman–Crippen LogP) is 5.45. The Kier molecular flexibility index (Phi) is 12.3. The summed E-state index contributed by atoms with van der Waals surface area (Å²) in [6, 6.07) is 0. The summed E-state index contributed by atoms with van der Waals surface area (Å²) < 4.78 is 17.5. The molecule has 0 saturated carbocycles. The first-order chi connectivity index (χ1) is 14.6. The number of carbonyl (C=O) groups excluding carboxylic acids is 1. The summed E-state index contributed by atoms with van der Waals surface area (Å²) in [6.45, 7) is 20.0. The zero-order valence-corrected chi connectivity index (χ0v) is 21.1. The second kappa shape index (κ2) is 13.6. The van der Waals surface area contributed by atoms with Crippen LogP contribution in [0.4, 0.5) is 0 Å². The molecule has 1 heterocycles. The molecular weight excluding hydrogens is 394 g/mol. The van der Waals surface area contributed by atoms with E-state index in [0.29, 0.717) is 18.8 Å². The van der Waals surface area contributed by atoms with Crippen molar-refractivity contribution in [3.63, 3.8) is 0 Å². The van der Waals surface area contributed by atoms with Crippen LogP contribution in [-0.4, -0.2) is 60.7 Å². The Balaban J connectivity index is 2.68. The van der Waals surface area contributed by atoms with E-state index in [1.165, 1.54) is 32.1 Å². The Bertz CT molecular complexity index is 546. The molecule has 2 atom stereocenters. The number of carbonyl (C=O) groups is 1. The second-order valence-corrected chi connectivity index (χ2v) is 9.77. The lowest BCUT2D eigenvalue weighted by molar-refractivity contribution is -0.327. The quantitative estimate of drug-likeness (QED) is 0.191. The van der Waals surface area contributed by atoms with Crippen molar-refractivity contribution in [2.24, 2.45) is 0 Å². The largest absolute Gasteiger partial charge is 0.460 e. The van der Waals surface area contributed by atoms with Gasteiger partial charge in [-0.1, -0.05) is 45.6 Å². The van der Waals surface area contributed by atoms with Crippen molar-refractivity contribution in [2.75, 3.05) is 26.4 Å². The fourth-order valence-corrected chi connectivity index (χ4v) is 4.51. The Morgan fingerprint density at radius 3 is 2.23 bits per heavy atom. The highest BCUT2D eigenvalue weighted by molar-refractivity contribution is 5.86. The fourth-order valence-electron chi connectivity index (χ4n) is 4.51. The van der Waals surface area contributed by atoms with Crippen molar-refractivity contribution >= 4 is 5.97 Å². The molecule has 0 radical (unpaired) electrons. The topological polar surface area (TPSA) is 57.2 Å². The van der Waals surface area contributed by atoms with Crippen molar-refractivity contribution in [1.29, 1.82) is 0 Å². The summed E-state index contributed by atoms with van der Waals surface area (Å²) in [4.78, 5) is 17.9. The van der Waals surface area contributed by atoms with E-state index >= 15 is 0 Å². The maximum atomic E-state index is 11.6. The highest BCUT2D eigenvalue weighted by Crippen LogP contribution is 2.41. The smallest absolute Gasteiger partial charge is 0.333 e. The summed E-state index contributed by atoms with van der Waals surface area (Å²) in [6.07, 6.45) is 7.96. The molecule has 6 nitrogen and oxygen atoms in total. The molecule has 1 rings (SSSR count). The summed E-state index contributed by atoms with van der Waals surface area (Å²) in [7, 11) is 0. The van der Waals surface area contributed by atoms with Crippen molar-refractivity contribution in [2.45, 2.75) is 117 Å². The minimum atomic E-state index is -0.386. The average Bonchev–Trinajstić information content (AvgIpc) is 2.68. The van der Waals surface area contributed by atoms with Crippen molar-refractivity contribution < 1.29 is 23.8 Å². The molecule has 0 aliphatic carbocycles. The van der Waals surface area contributed by atoms with Gasteiger partial charge in [0.05, 0.1) is 24.9 Å². The highest BCUT2D eigenvalue weighted by Gasteiger charge is 2.54.